The number of fused-ring (bicyclic) bond motifs is 4. The molecule has 3 aliphatic carbocycles. The Morgan fingerprint density at radius 3 is 2.94 bits per heavy atom. The first-order chi connectivity index (χ1) is 8.02. The Morgan fingerprint density at radius 2 is 2.18 bits per heavy atom. The van der Waals surface area contributed by atoms with Gasteiger partial charge in [0.05, 0.1) is 5.92 Å². The Morgan fingerprint density at radius 1 is 1.41 bits per heavy atom. The largest absolute Gasteiger partial charge is 0.462 e. The third-order valence-corrected chi connectivity index (χ3v) is 6.27. The highest BCUT2D eigenvalue weighted by molar-refractivity contribution is 5.75. The molecule has 92 valence electrons. The Bertz CT molecular complexity index is 427. The predicted octanol–water partition coefficient (Wildman–Crippen LogP) is 2.79. The lowest BCUT2D eigenvalue weighted by molar-refractivity contribution is -0.145. The van der Waals surface area contributed by atoms with E-state index in [1.54, 1.807) is 0 Å². The maximum atomic E-state index is 11.7. The first kappa shape index (κ1) is 10.2. The van der Waals surface area contributed by atoms with E-state index in [9.17, 15) is 4.79 Å². The van der Waals surface area contributed by atoms with E-state index >= 15 is 0 Å². The lowest BCUT2D eigenvalue weighted by atomic mass is 9.60. The number of carbonyl (C=O) groups excluding carboxylic acids is 1. The molecule has 2 nitrogen and oxygen atoms in total. The van der Waals surface area contributed by atoms with Gasteiger partial charge in [-0.2, -0.15) is 0 Å². The van der Waals surface area contributed by atoms with Crippen LogP contribution in [0, 0.1) is 35.0 Å². The number of carbonyl (C=O) groups is 1. The summed E-state index contributed by atoms with van der Waals surface area (Å²) in [6, 6.07) is 0. The van der Waals surface area contributed by atoms with Crippen molar-refractivity contribution in [3.63, 3.8) is 0 Å². The SMILES string of the molecule is C=C1[C@H]2C[C@H]2[C@]2(C)C[C@H]3OC(=O)[C@@H](C)[C@H]3C[C@@H]12. The highest BCUT2D eigenvalue weighted by atomic mass is 16.6. The van der Waals surface area contributed by atoms with Crippen LogP contribution in [0.3, 0.4) is 0 Å². The molecule has 1 heterocycles. The number of hydrogen-bond donors (Lipinski definition) is 0. The summed E-state index contributed by atoms with van der Waals surface area (Å²) in [7, 11) is 0. The van der Waals surface area contributed by atoms with Crippen molar-refractivity contribution in [2.75, 3.05) is 0 Å². The van der Waals surface area contributed by atoms with E-state index in [2.05, 4.69) is 13.5 Å². The summed E-state index contributed by atoms with van der Waals surface area (Å²) in [6.45, 7) is 8.79. The van der Waals surface area contributed by atoms with Crippen molar-refractivity contribution in [2.24, 2.45) is 35.0 Å². The quantitative estimate of drug-likeness (QED) is 0.474. The second-order valence-corrected chi connectivity index (χ2v) is 6.95. The molecule has 0 unspecified atom stereocenters. The van der Waals surface area contributed by atoms with E-state index in [-0.39, 0.29) is 18.0 Å². The van der Waals surface area contributed by atoms with Gasteiger partial charge in [-0.3, -0.25) is 4.79 Å². The number of hydrogen-bond acceptors (Lipinski definition) is 2. The fraction of sp³-hybridized carbons (Fsp3) is 0.800. The zero-order valence-corrected chi connectivity index (χ0v) is 10.6. The lowest BCUT2D eigenvalue weighted by Crippen LogP contribution is -2.41. The highest BCUT2D eigenvalue weighted by Gasteiger charge is 2.66. The number of rotatable bonds is 0. The molecule has 17 heavy (non-hydrogen) atoms. The standard InChI is InChI=1S/C15H20O2/c1-7-9-4-12(9)15(3)6-13-10(5-11(7)15)8(2)14(16)17-13/h8-13H,1,4-6H2,2-3H3/t8-,9+,10+,11-,12+,13+,15+/m0/s1. The normalized spacial score (nSPS) is 59.4. The Labute approximate surface area is 102 Å². The van der Waals surface area contributed by atoms with Crippen molar-refractivity contribution in [3.05, 3.63) is 12.2 Å². The second kappa shape index (κ2) is 2.78. The monoisotopic (exact) mass is 232 g/mol. The third kappa shape index (κ3) is 1.05. The van der Waals surface area contributed by atoms with Crippen molar-refractivity contribution in [2.45, 2.75) is 39.2 Å². The van der Waals surface area contributed by atoms with Crippen molar-refractivity contribution in [1.82, 2.24) is 0 Å². The van der Waals surface area contributed by atoms with Gasteiger partial charge in [0.1, 0.15) is 6.10 Å². The molecule has 1 aliphatic heterocycles. The van der Waals surface area contributed by atoms with Gasteiger partial charge in [-0.05, 0) is 42.4 Å². The van der Waals surface area contributed by atoms with Gasteiger partial charge in [-0.1, -0.05) is 26.0 Å². The van der Waals surface area contributed by atoms with E-state index in [0.29, 0.717) is 17.3 Å². The van der Waals surface area contributed by atoms with Crippen LogP contribution in [0.15, 0.2) is 12.2 Å². The highest BCUT2D eigenvalue weighted by Crippen LogP contribution is 2.72. The zero-order chi connectivity index (χ0) is 11.9. The Kier molecular flexibility index (Phi) is 1.66. The van der Waals surface area contributed by atoms with Crippen LogP contribution in [0.25, 0.3) is 0 Å². The first-order valence-electron chi connectivity index (χ1n) is 6.91. The summed E-state index contributed by atoms with van der Waals surface area (Å²) in [6.07, 6.45) is 3.76. The molecule has 0 radical (unpaired) electrons. The maximum absolute atomic E-state index is 11.7. The topological polar surface area (TPSA) is 26.3 Å². The van der Waals surface area contributed by atoms with Gasteiger partial charge in [0.2, 0.25) is 0 Å². The van der Waals surface area contributed by atoms with Gasteiger partial charge in [0.15, 0.2) is 0 Å². The predicted molar refractivity (Wildman–Crippen MR) is 64.1 cm³/mol. The molecular weight excluding hydrogens is 212 g/mol. The maximum Gasteiger partial charge on any atom is 0.309 e. The molecule has 3 saturated carbocycles. The van der Waals surface area contributed by atoms with Crippen LogP contribution < -0.4 is 0 Å². The minimum Gasteiger partial charge on any atom is -0.462 e. The minimum atomic E-state index is 0.0292. The fourth-order valence-electron chi connectivity index (χ4n) is 5.08. The third-order valence-electron chi connectivity index (χ3n) is 6.27. The molecule has 4 rings (SSSR count). The molecule has 4 aliphatic rings. The van der Waals surface area contributed by atoms with E-state index < -0.39 is 0 Å². The van der Waals surface area contributed by atoms with Gasteiger partial charge < -0.3 is 4.74 Å². The van der Waals surface area contributed by atoms with Crippen LogP contribution in [0.2, 0.25) is 0 Å². The van der Waals surface area contributed by atoms with Crippen LogP contribution in [0.4, 0.5) is 0 Å². The van der Waals surface area contributed by atoms with Gasteiger partial charge in [-0.25, -0.2) is 0 Å². The second-order valence-electron chi connectivity index (χ2n) is 6.95. The summed E-state index contributed by atoms with van der Waals surface area (Å²) in [4.78, 5) is 11.7. The number of ether oxygens (including phenoxy) is 1. The van der Waals surface area contributed by atoms with E-state index in [1.165, 1.54) is 12.0 Å². The molecule has 0 N–H and O–H groups in total. The lowest BCUT2D eigenvalue weighted by Gasteiger charge is -2.44. The summed E-state index contributed by atoms with van der Waals surface area (Å²) in [5.41, 5.74) is 1.87. The van der Waals surface area contributed by atoms with Gasteiger partial charge in [-0.15, -0.1) is 0 Å². The van der Waals surface area contributed by atoms with Crippen LogP contribution in [-0.2, 0) is 9.53 Å². The molecule has 2 heteroatoms. The van der Waals surface area contributed by atoms with Gasteiger partial charge in [0.25, 0.3) is 0 Å². The molecule has 0 amide bonds. The summed E-state index contributed by atoms with van der Waals surface area (Å²) in [5, 5.41) is 0. The molecule has 4 fully saturated rings. The molecule has 0 bridgehead atoms. The first-order valence-corrected chi connectivity index (χ1v) is 6.91. The van der Waals surface area contributed by atoms with Crippen molar-refractivity contribution < 1.29 is 9.53 Å². The van der Waals surface area contributed by atoms with Gasteiger partial charge >= 0.3 is 5.97 Å². The molecule has 7 atom stereocenters. The summed E-state index contributed by atoms with van der Waals surface area (Å²) >= 11 is 0. The molecule has 1 saturated heterocycles. The Hall–Kier alpha value is -0.790. The molecule has 0 spiro atoms. The van der Waals surface area contributed by atoms with E-state index in [1.807, 2.05) is 6.92 Å². The fourth-order valence-corrected chi connectivity index (χ4v) is 5.08. The zero-order valence-electron chi connectivity index (χ0n) is 10.6. The Balaban J connectivity index is 1.69. The van der Waals surface area contributed by atoms with Crippen LogP contribution in [0.5, 0.6) is 0 Å². The average Bonchev–Trinajstić information content (AvgIpc) is 2.99. The smallest absolute Gasteiger partial charge is 0.309 e. The summed E-state index contributed by atoms with van der Waals surface area (Å²) in [5.74, 6) is 2.89. The molecule has 0 aromatic heterocycles. The molecule has 0 aromatic carbocycles. The van der Waals surface area contributed by atoms with Gasteiger partial charge in [0, 0.05) is 5.92 Å². The van der Waals surface area contributed by atoms with Crippen LogP contribution >= 0.6 is 0 Å². The number of esters is 1. The average molecular weight is 232 g/mol. The van der Waals surface area contributed by atoms with Crippen molar-refractivity contribution in [3.8, 4) is 0 Å². The molecule has 0 aromatic rings. The number of allylic oxidation sites excluding steroid dienone is 1. The minimum absolute atomic E-state index is 0.0292. The van der Waals surface area contributed by atoms with Crippen molar-refractivity contribution in [1.29, 1.82) is 0 Å². The van der Waals surface area contributed by atoms with Crippen molar-refractivity contribution >= 4 is 5.97 Å². The van der Waals surface area contributed by atoms with E-state index in [0.717, 1.165) is 24.7 Å². The van der Waals surface area contributed by atoms with E-state index in [4.69, 9.17) is 4.74 Å². The van der Waals surface area contributed by atoms with Crippen LogP contribution in [-0.4, -0.2) is 12.1 Å². The summed E-state index contributed by atoms with van der Waals surface area (Å²) < 4.78 is 5.58. The molecular formula is C15H20O2. The van der Waals surface area contributed by atoms with Crippen LogP contribution in [0.1, 0.15) is 33.1 Å².